The third-order valence-electron chi connectivity index (χ3n) is 3.26. The van der Waals surface area contributed by atoms with Gasteiger partial charge in [0, 0.05) is 17.2 Å². The van der Waals surface area contributed by atoms with Gasteiger partial charge in [-0.1, -0.05) is 54.1 Å². The summed E-state index contributed by atoms with van der Waals surface area (Å²) in [6.07, 6.45) is 0.587. The molecule has 2 aromatic rings. The molecule has 1 unspecified atom stereocenters. The number of benzene rings is 2. The van der Waals surface area contributed by atoms with Gasteiger partial charge in [0.15, 0.2) is 0 Å². The van der Waals surface area contributed by atoms with E-state index in [1.807, 2.05) is 54.6 Å². The summed E-state index contributed by atoms with van der Waals surface area (Å²) in [6, 6.07) is 17.3. The summed E-state index contributed by atoms with van der Waals surface area (Å²) in [5.41, 5.74) is 5.65. The van der Waals surface area contributed by atoms with Crippen LogP contribution in [-0.2, 0) is 5.60 Å². The van der Waals surface area contributed by atoms with E-state index >= 15 is 0 Å². The van der Waals surface area contributed by atoms with Gasteiger partial charge in [0.2, 0.25) is 0 Å². The van der Waals surface area contributed by atoms with E-state index in [1.165, 1.54) is 0 Å². The van der Waals surface area contributed by atoms with Crippen molar-refractivity contribution >= 4 is 23.4 Å². The highest BCUT2D eigenvalue weighted by Crippen LogP contribution is 2.31. The minimum absolute atomic E-state index is 0.208. The van der Waals surface area contributed by atoms with Crippen LogP contribution in [0.15, 0.2) is 59.5 Å². The van der Waals surface area contributed by atoms with E-state index in [0.29, 0.717) is 6.42 Å². The Balaban J connectivity index is 2.00. The zero-order chi connectivity index (χ0) is 14.4. The van der Waals surface area contributed by atoms with Crippen LogP contribution in [0.2, 0.25) is 5.02 Å². The van der Waals surface area contributed by atoms with Crippen LogP contribution in [0.25, 0.3) is 0 Å². The Bertz CT molecular complexity index is 549. The van der Waals surface area contributed by atoms with Gasteiger partial charge in [0.25, 0.3) is 0 Å². The van der Waals surface area contributed by atoms with Crippen molar-refractivity contribution in [2.75, 3.05) is 12.3 Å². The van der Waals surface area contributed by atoms with E-state index in [-0.39, 0.29) is 6.54 Å². The van der Waals surface area contributed by atoms with Gasteiger partial charge in [-0.2, -0.15) is 0 Å². The summed E-state index contributed by atoms with van der Waals surface area (Å²) in [6.45, 7) is 0.208. The molecule has 106 valence electrons. The Morgan fingerprint density at radius 1 is 1.05 bits per heavy atom. The third-order valence-corrected chi connectivity index (χ3v) is 4.78. The number of hydrogen-bond acceptors (Lipinski definition) is 3. The second kappa shape index (κ2) is 7.14. The Labute approximate surface area is 129 Å². The smallest absolute Gasteiger partial charge is 0.103 e. The van der Waals surface area contributed by atoms with Gasteiger partial charge in [-0.05, 0) is 24.1 Å². The van der Waals surface area contributed by atoms with Crippen LogP contribution in [0.1, 0.15) is 12.0 Å². The van der Waals surface area contributed by atoms with Crippen LogP contribution in [-0.4, -0.2) is 17.4 Å². The number of halogens is 1. The lowest BCUT2D eigenvalue weighted by Gasteiger charge is -2.27. The molecule has 0 saturated heterocycles. The summed E-state index contributed by atoms with van der Waals surface area (Å²) in [4.78, 5) is 1.03. The number of thioether (sulfide) groups is 1. The summed E-state index contributed by atoms with van der Waals surface area (Å²) in [5.74, 6) is 0.756. The quantitative estimate of drug-likeness (QED) is 0.800. The summed E-state index contributed by atoms with van der Waals surface area (Å²) < 4.78 is 0. The fraction of sp³-hybridized carbons (Fsp3) is 0.250. The van der Waals surface area contributed by atoms with Crippen LogP contribution < -0.4 is 5.73 Å². The Hall–Kier alpha value is -1.00. The monoisotopic (exact) mass is 307 g/mol. The first kappa shape index (κ1) is 15.4. The summed E-state index contributed by atoms with van der Waals surface area (Å²) >= 11 is 7.75. The van der Waals surface area contributed by atoms with Gasteiger partial charge in [0.1, 0.15) is 5.60 Å². The molecule has 1 atom stereocenters. The van der Waals surface area contributed by atoms with Crippen molar-refractivity contribution in [1.29, 1.82) is 0 Å². The molecule has 0 radical (unpaired) electrons. The molecule has 3 N–H and O–H groups in total. The van der Waals surface area contributed by atoms with E-state index < -0.39 is 5.60 Å². The zero-order valence-corrected chi connectivity index (χ0v) is 12.7. The third kappa shape index (κ3) is 3.76. The maximum atomic E-state index is 10.7. The largest absolute Gasteiger partial charge is 0.384 e. The summed E-state index contributed by atoms with van der Waals surface area (Å²) in [5, 5.41) is 11.4. The van der Waals surface area contributed by atoms with Gasteiger partial charge in [-0.15, -0.1) is 11.8 Å². The highest BCUT2D eigenvalue weighted by atomic mass is 35.5. The average Bonchev–Trinajstić information content (AvgIpc) is 2.50. The molecule has 0 fully saturated rings. The molecular formula is C16H18ClNOS. The Morgan fingerprint density at radius 2 is 1.70 bits per heavy atom. The first-order chi connectivity index (χ1) is 9.65. The van der Waals surface area contributed by atoms with Crippen LogP contribution in [0.4, 0.5) is 0 Å². The molecule has 4 heteroatoms. The number of nitrogens with two attached hydrogens (primary N) is 1. The van der Waals surface area contributed by atoms with Gasteiger partial charge in [0.05, 0.1) is 5.02 Å². The molecule has 0 spiro atoms. The highest BCUT2D eigenvalue weighted by molar-refractivity contribution is 7.99. The van der Waals surface area contributed by atoms with Crippen LogP contribution in [0.3, 0.4) is 0 Å². The minimum atomic E-state index is -0.977. The Kier molecular flexibility index (Phi) is 5.49. The van der Waals surface area contributed by atoms with E-state index in [1.54, 1.807) is 11.8 Å². The van der Waals surface area contributed by atoms with Gasteiger partial charge in [-0.3, -0.25) is 0 Å². The molecule has 0 bridgehead atoms. The van der Waals surface area contributed by atoms with Crippen molar-refractivity contribution in [3.8, 4) is 0 Å². The van der Waals surface area contributed by atoms with Crippen LogP contribution in [0.5, 0.6) is 0 Å². The number of hydrogen-bond donors (Lipinski definition) is 2. The lowest BCUT2D eigenvalue weighted by Crippen LogP contribution is -2.35. The molecule has 2 aromatic carbocycles. The average molecular weight is 308 g/mol. The number of rotatable bonds is 6. The topological polar surface area (TPSA) is 46.2 Å². The molecule has 0 heterocycles. The standard InChI is InChI=1S/C16H18ClNOS/c17-14-8-4-5-9-15(14)20-11-10-16(19,12-18)13-6-2-1-3-7-13/h1-9,19H,10-12,18H2. The molecule has 20 heavy (non-hydrogen) atoms. The maximum absolute atomic E-state index is 10.7. The van der Waals surface area contributed by atoms with Crippen molar-refractivity contribution in [1.82, 2.24) is 0 Å². The zero-order valence-electron chi connectivity index (χ0n) is 11.1. The van der Waals surface area contributed by atoms with Crippen molar-refractivity contribution in [2.24, 2.45) is 5.73 Å². The molecular weight excluding hydrogens is 290 g/mol. The molecule has 0 aromatic heterocycles. The lowest BCUT2D eigenvalue weighted by molar-refractivity contribution is 0.0431. The number of aliphatic hydroxyl groups is 1. The lowest BCUT2D eigenvalue weighted by atomic mass is 9.91. The van der Waals surface area contributed by atoms with Crippen molar-refractivity contribution in [3.05, 3.63) is 65.2 Å². The molecule has 0 aliphatic carbocycles. The fourth-order valence-electron chi connectivity index (χ4n) is 2.00. The second-order valence-corrected chi connectivity index (χ2v) is 6.17. The SMILES string of the molecule is NCC(O)(CCSc1ccccc1Cl)c1ccccc1. The van der Waals surface area contributed by atoms with Crippen molar-refractivity contribution < 1.29 is 5.11 Å². The fourth-order valence-corrected chi connectivity index (χ4v) is 3.34. The molecule has 2 rings (SSSR count). The normalized spacial score (nSPS) is 13.9. The maximum Gasteiger partial charge on any atom is 0.103 e. The van der Waals surface area contributed by atoms with Gasteiger partial charge >= 0.3 is 0 Å². The minimum Gasteiger partial charge on any atom is -0.384 e. The predicted octanol–water partition coefficient (Wildman–Crippen LogP) is 3.67. The first-order valence-corrected chi connectivity index (χ1v) is 7.87. The first-order valence-electron chi connectivity index (χ1n) is 6.51. The van der Waals surface area contributed by atoms with E-state index in [0.717, 1.165) is 21.2 Å². The Morgan fingerprint density at radius 3 is 2.35 bits per heavy atom. The van der Waals surface area contributed by atoms with E-state index in [9.17, 15) is 5.11 Å². The molecule has 2 nitrogen and oxygen atoms in total. The molecule has 0 saturated carbocycles. The second-order valence-electron chi connectivity index (χ2n) is 4.63. The molecule has 0 amide bonds. The van der Waals surface area contributed by atoms with Gasteiger partial charge < -0.3 is 10.8 Å². The van der Waals surface area contributed by atoms with Crippen molar-refractivity contribution in [3.63, 3.8) is 0 Å². The van der Waals surface area contributed by atoms with Crippen LogP contribution >= 0.6 is 23.4 Å². The predicted molar refractivity (Wildman–Crippen MR) is 86.2 cm³/mol. The highest BCUT2D eigenvalue weighted by Gasteiger charge is 2.26. The van der Waals surface area contributed by atoms with Crippen molar-refractivity contribution in [2.45, 2.75) is 16.9 Å². The van der Waals surface area contributed by atoms with E-state index in [2.05, 4.69) is 0 Å². The van der Waals surface area contributed by atoms with E-state index in [4.69, 9.17) is 17.3 Å². The summed E-state index contributed by atoms with van der Waals surface area (Å²) in [7, 11) is 0. The van der Waals surface area contributed by atoms with Crippen LogP contribution in [0, 0.1) is 0 Å². The van der Waals surface area contributed by atoms with Gasteiger partial charge in [-0.25, -0.2) is 0 Å². The molecule has 0 aliphatic heterocycles. The molecule has 0 aliphatic rings.